The first kappa shape index (κ1) is 19.1. The molecule has 0 rings (SSSR count). The fourth-order valence-electron chi connectivity index (χ4n) is 1.67. The minimum absolute atomic E-state index is 0.148. The van der Waals surface area contributed by atoms with E-state index in [-0.39, 0.29) is 12.0 Å². The van der Waals surface area contributed by atoms with Gasteiger partial charge in [-0.2, -0.15) is 25.3 Å². The van der Waals surface area contributed by atoms with Crippen molar-refractivity contribution in [1.82, 2.24) is 5.32 Å². The first-order valence-corrected chi connectivity index (χ1v) is 8.38. The normalized spacial score (nSPS) is 12.7. The fourth-order valence-corrected chi connectivity index (χ4v) is 2.49. The van der Waals surface area contributed by atoms with E-state index >= 15 is 0 Å². The highest BCUT2D eigenvalue weighted by molar-refractivity contribution is 7.81. The average Bonchev–Trinajstić information content (AvgIpc) is 2.34. The number of unbranched alkanes of at least 4 members (excludes halogenated alkanes) is 1. The summed E-state index contributed by atoms with van der Waals surface area (Å²) in [7, 11) is 0. The topological polar surface area (TPSA) is 38.3 Å². The van der Waals surface area contributed by atoms with E-state index in [1.165, 1.54) is 0 Å². The van der Waals surface area contributed by atoms with Gasteiger partial charge >= 0.3 is 0 Å². The Hall–Kier alpha value is 0.130. The van der Waals surface area contributed by atoms with Crippen molar-refractivity contribution >= 4 is 31.2 Å². The second kappa shape index (κ2) is 13.1. The Kier molecular flexibility index (Phi) is 13.2. The van der Waals surface area contributed by atoms with Gasteiger partial charge in [0.15, 0.2) is 0 Å². The Bertz CT molecular complexity index is 225. The summed E-state index contributed by atoms with van der Waals surface area (Å²) < 4.78 is 5.41. The van der Waals surface area contributed by atoms with E-state index in [1.807, 2.05) is 13.8 Å². The number of carbonyl (C=O) groups is 1. The first-order valence-electron chi connectivity index (χ1n) is 7.23. The molecule has 19 heavy (non-hydrogen) atoms. The lowest BCUT2D eigenvalue weighted by Crippen LogP contribution is -2.25. The molecule has 1 N–H and O–H groups in total. The Morgan fingerprint density at radius 1 is 1.21 bits per heavy atom. The lowest BCUT2D eigenvalue weighted by atomic mass is 10.1. The number of hydrogen-bond acceptors (Lipinski definition) is 4. The van der Waals surface area contributed by atoms with E-state index in [0.29, 0.717) is 24.8 Å². The molecule has 1 atom stereocenters. The van der Waals surface area contributed by atoms with Gasteiger partial charge in [-0.25, -0.2) is 0 Å². The maximum atomic E-state index is 11.5. The van der Waals surface area contributed by atoms with Crippen LogP contribution in [0.2, 0.25) is 0 Å². The minimum Gasteiger partial charge on any atom is -0.379 e. The Morgan fingerprint density at radius 2 is 1.95 bits per heavy atom. The zero-order valence-electron chi connectivity index (χ0n) is 12.2. The van der Waals surface area contributed by atoms with Crippen LogP contribution >= 0.6 is 25.3 Å². The van der Waals surface area contributed by atoms with Crippen molar-refractivity contribution < 1.29 is 9.53 Å². The van der Waals surface area contributed by atoms with Crippen LogP contribution < -0.4 is 5.32 Å². The van der Waals surface area contributed by atoms with Crippen LogP contribution in [-0.2, 0) is 9.53 Å². The summed E-state index contributed by atoms with van der Waals surface area (Å²) in [6, 6.07) is 0. The average molecular weight is 308 g/mol. The van der Waals surface area contributed by atoms with Crippen molar-refractivity contribution in [2.75, 3.05) is 18.9 Å². The molecule has 0 radical (unpaired) electrons. The zero-order chi connectivity index (χ0) is 14.5. The third-order valence-corrected chi connectivity index (χ3v) is 3.52. The molecule has 5 heteroatoms. The van der Waals surface area contributed by atoms with Gasteiger partial charge in [-0.3, -0.25) is 4.79 Å². The lowest BCUT2D eigenvalue weighted by molar-refractivity contribution is -0.121. The number of hydrogen-bond donors (Lipinski definition) is 3. The van der Waals surface area contributed by atoms with Gasteiger partial charge in [0.25, 0.3) is 0 Å². The molecule has 0 aliphatic heterocycles. The smallest absolute Gasteiger partial charge is 0.219 e. The van der Waals surface area contributed by atoms with Crippen LogP contribution in [0.1, 0.15) is 52.4 Å². The lowest BCUT2D eigenvalue weighted by Gasteiger charge is -2.09. The van der Waals surface area contributed by atoms with Gasteiger partial charge in [0.05, 0.1) is 6.10 Å². The van der Waals surface area contributed by atoms with Crippen LogP contribution in [0.3, 0.4) is 0 Å². The standard InChI is InChI=1S/C14H29NO2S2/c1-12(2)17-10-5-9-15-14(16)7-4-3-6-13(19)8-11-18/h12-13,18-19H,3-11H2,1-2H3,(H,15,16). The van der Waals surface area contributed by atoms with Crippen LogP contribution in [0.5, 0.6) is 0 Å². The molecule has 1 unspecified atom stereocenters. The van der Waals surface area contributed by atoms with Crippen molar-refractivity contribution in [3.8, 4) is 0 Å². The van der Waals surface area contributed by atoms with Crippen molar-refractivity contribution in [2.24, 2.45) is 0 Å². The molecule has 0 fully saturated rings. The van der Waals surface area contributed by atoms with Crippen molar-refractivity contribution in [2.45, 2.75) is 63.7 Å². The molecule has 0 bridgehead atoms. The minimum atomic E-state index is 0.148. The fraction of sp³-hybridized carbons (Fsp3) is 0.929. The number of ether oxygens (including phenoxy) is 1. The molecule has 0 saturated heterocycles. The van der Waals surface area contributed by atoms with Gasteiger partial charge in [0, 0.05) is 24.8 Å². The molecular weight excluding hydrogens is 278 g/mol. The maximum Gasteiger partial charge on any atom is 0.219 e. The highest BCUT2D eigenvalue weighted by Crippen LogP contribution is 2.12. The van der Waals surface area contributed by atoms with Gasteiger partial charge in [0.2, 0.25) is 5.91 Å². The molecule has 0 aliphatic rings. The van der Waals surface area contributed by atoms with E-state index < -0.39 is 0 Å². The third-order valence-electron chi connectivity index (χ3n) is 2.75. The van der Waals surface area contributed by atoms with Crippen LogP contribution in [-0.4, -0.2) is 36.2 Å². The van der Waals surface area contributed by atoms with E-state index in [4.69, 9.17) is 4.74 Å². The van der Waals surface area contributed by atoms with E-state index in [0.717, 1.165) is 37.9 Å². The van der Waals surface area contributed by atoms with Crippen molar-refractivity contribution in [3.63, 3.8) is 0 Å². The summed E-state index contributed by atoms with van der Waals surface area (Å²) in [5.41, 5.74) is 0. The number of carbonyl (C=O) groups excluding carboxylic acids is 1. The predicted molar refractivity (Wildman–Crippen MR) is 88.4 cm³/mol. The third kappa shape index (κ3) is 14.4. The molecule has 0 aromatic heterocycles. The molecule has 0 spiro atoms. The maximum absolute atomic E-state index is 11.5. The molecular formula is C14H29NO2S2. The van der Waals surface area contributed by atoms with Gasteiger partial charge in [-0.1, -0.05) is 6.42 Å². The van der Waals surface area contributed by atoms with Gasteiger partial charge in [0.1, 0.15) is 0 Å². The van der Waals surface area contributed by atoms with Crippen molar-refractivity contribution in [1.29, 1.82) is 0 Å². The Morgan fingerprint density at radius 3 is 2.58 bits per heavy atom. The SMILES string of the molecule is CC(C)OCCCNC(=O)CCCCC(S)CCS. The van der Waals surface area contributed by atoms with E-state index in [1.54, 1.807) is 0 Å². The molecule has 0 aromatic carbocycles. The second-order valence-electron chi connectivity index (χ2n) is 5.03. The molecule has 114 valence electrons. The number of amides is 1. The Labute approximate surface area is 129 Å². The summed E-state index contributed by atoms with van der Waals surface area (Å²) in [5.74, 6) is 1.03. The summed E-state index contributed by atoms with van der Waals surface area (Å²) in [6.07, 6.45) is 5.87. The van der Waals surface area contributed by atoms with Crippen LogP contribution in [0.25, 0.3) is 0 Å². The van der Waals surface area contributed by atoms with Gasteiger partial charge in [-0.05, 0) is 45.3 Å². The van der Waals surface area contributed by atoms with Gasteiger partial charge in [-0.15, -0.1) is 0 Å². The molecule has 0 aliphatic carbocycles. The first-order chi connectivity index (χ1) is 9.06. The summed E-state index contributed by atoms with van der Waals surface area (Å²) in [5, 5.41) is 3.34. The molecule has 3 nitrogen and oxygen atoms in total. The molecule has 0 aromatic rings. The number of thiol groups is 2. The van der Waals surface area contributed by atoms with Gasteiger partial charge < -0.3 is 10.1 Å². The Balaban J connectivity index is 3.30. The highest BCUT2D eigenvalue weighted by Gasteiger charge is 2.04. The van der Waals surface area contributed by atoms with E-state index in [2.05, 4.69) is 30.6 Å². The number of rotatable bonds is 12. The highest BCUT2D eigenvalue weighted by atomic mass is 32.1. The summed E-state index contributed by atoms with van der Waals surface area (Å²) >= 11 is 8.65. The number of nitrogens with one attached hydrogen (secondary N) is 1. The quantitative estimate of drug-likeness (QED) is 0.383. The zero-order valence-corrected chi connectivity index (χ0v) is 14.0. The molecule has 0 heterocycles. The summed E-state index contributed by atoms with van der Waals surface area (Å²) in [6.45, 7) is 5.45. The van der Waals surface area contributed by atoms with Crippen LogP contribution in [0, 0.1) is 0 Å². The molecule has 0 saturated carbocycles. The largest absolute Gasteiger partial charge is 0.379 e. The monoisotopic (exact) mass is 307 g/mol. The van der Waals surface area contributed by atoms with Crippen LogP contribution in [0.15, 0.2) is 0 Å². The van der Waals surface area contributed by atoms with Crippen LogP contribution in [0.4, 0.5) is 0 Å². The van der Waals surface area contributed by atoms with Crippen molar-refractivity contribution in [3.05, 3.63) is 0 Å². The predicted octanol–water partition coefficient (Wildman–Crippen LogP) is 3.10. The molecule has 1 amide bonds. The summed E-state index contributed by atoms with van der Waals surface area (Å²) in [4.78, 5) is 11.5. The van der Waals surface area contributed by atoms with E-state index in [9.17, 15) is 4.79 Å². The second-order valence-corrected chi connectivity index (χ2v) is 6.21.